The van der Waals surface area contributed by atoms with Gasteiger partial charge in [-0.1, -0.05) is 19.1 Å². The van der Waals surface area contributed by atoms with Gasteiger partial charge in [0.1, 0.15) is 11.5 Å². The van der Waals surface area contributed by atoms with E-state index in [1.54, 1.807) is 36.4 Å². The Hall–Kier alpha value is -3.35. The Morgan fingerprint density at radius 3 is 2.50 bits per heavy atom. The summed E-state index contributed by atoms with van der Waals surface area (Å²) < 4.78 is 10.6. The van der Waals surface area contributed by atoms with E-state index in [9.17, 15) is 9.59 Å². The Bertz CT molecular complexity index is 773. The van der Waals surface area contributed by atoms with E-state index in [-0.39, 0.29) is 0 Å². The molecule has 0 aliphatic heterocycles. The standard InChI is InChI=1S/C19H21N3O4/c1-3-12-26-16-10-8-15(9-11-16)21-18(23)19(24)22-20-13-14-6-4-5-7-17(14)25-2/h4-11,13H,3,12H2,1-2H3,(H,21,23)(H,22,24)/b20-13-. The van der Waals surface area contributed by atoms with Gasteiger partial charge in [-0.25, -0.2) is 5.43 Å². The van der Waals surface area contributed by atoms with Crippen LogP contribution in [0, 0.1) is 0 Å². The molecule has 0 saturated heterocycles. The molecule has 7 heteroatoms. The average Bonchev–Trinajstić information content (AvgIpc) is 2.67. The molecular formula is C19H21N3O4. The van der Waals surface area contributed by atoms with E-state index in [4.69, 9.17) is 9.47 Å². The number of benzene rings is 2. The summed E-state index contributed by atoms with van der Waals surface area (Å²) >= 11 is 0. The molecule has 2 aromatic rings. The summed E-state index contributed by atoms with van der Waals surface area (Å²) in [7, 11) is 1.54. The fourth-order valence-electron chi connectivity index (χ4n) is 2.03. The number of rotatable bonds is 7. The van der Waals surface area contributed by atoms with E-state index >= 15 is 0 Å². The van der Waals surface area contributed by atoms with E-state index in [1.807, 2.05) is 19.1 Å². The minimum Gasteiger partial charge on any atom is -0.496 e. The molecule has 26 heavy (non-hydrogen) atoms. The van der Waals surface area contributed by atoms with E-state index < -0.39 is 11.8 Å². The van der Waals surface area contributed by atoms with Crippen molar-refractivity contribution < 1.29 is 19.1 Å². The third-order valence-electron chi connectivity index (χ3n) is 3.30. The predicted octanol–water partition coefficient (Wildman–Crippen LogP) is 2.57. The molecule has 136 valence electrons. The van der Waals surface area contributed by atoms with Crippen molar-refractivity contribution in [3.63, 3.8) is 0 Å². The molecule has 0 bridgehead atoms. The van der Waals surface area contributed by atoms with Crippen molar-refractivity contribution >= 4 is 23.7 Å². The van der Waals surface area contributed by atoms with Crippen LogP contribution in [0.1, 0.15) is 18.9 Å². The fraction of sp³-hybridized carbons (Fsp3) is 0.211. The minimum absolute atomic E-state index is 0.489. The van der Waals surface area contributed by atoms with E-state index in [2.05, 4.69) is 15.8 Å². The van der Waals surface area contributed by atoms with Crippen molar-refractivity contribution in [2.45, 2.75) is 13.3 Å². The van der Waals surface area contributed by atoms with E-state index in [0.717, 1.165) is 6.42 Å². The zero-order chi connectivity index (χ0) is 18.8. The molecule has 0 aliphatic rings. The summed E-state index contributed by atoms with van der Waals surface area (Å²) in [6, 6.07) is 13.9. The van der Waals surface area contributed by atoms with Gasteiger partial charge in [-0.2, -0.15) is 5.10 Å². The van der Waals surface area contributed by atoms with Crippen LogP contribution in [0.3, 0.4) is 0 Å². The van der Waals surface area contributed by atoms with Crippen LogP contribution in [0.2, 0.25) is 0 Å². The monoisotopic (exact) mass is 355 g/mol. The van der Waals surface area contributed by atoms with Crippen LogP contribution < -0.4 is 20.2 Å². The van der Waals surface area contributed by atoms with Crippen LogP contribution in [0.4, 0.5) is 5.69 Å². The quantitative estimate of drug-likeness (QED) is 0.454. The first-order valence-corrected chi connectivity index (χ1v) is 8.14. The SMILES string of the molecule is CCCOc1ccc(NC(=O)C(=O)N/N=C\c2ccccc2OC)cc1. The Labute approximate surface area is 152 Å². The second kappa shape index (κ2) is 9.83. The summed E-state index contributed by atoms with van der Waals surface area (Å²) in [5.41, 5.74) is 3.35. The number of carbonyl (C=O) groups excluding carboxylic acids is 2. The maximum Gasteiger partial charge on any atom is 0.329 e. The third kappa shape index (κ3) is 5.62. The lowest BCUT2D eigenvalue weighted by atomic mass is 10.2. The largest absolute Gasteiger partial charge is 0.496 e. The highest BCUT2D eigenvalue weighted by Gasteiger charge is 2.13. The molecule has 0 aromatic heterocycles. The molecule has 0 unspecified atom stereocenters. The average molecular weight is 355 g/mol. The fourth-order valence-corrected chi connectivity index (χ4v) is 2.03. The van der Waals surface area contributed by atoms with Gasteiger partial charge in [-0.15, -0.1) is 0 Å². The van der Waals surface area contributed by atoms with Gasteiger partial charge in [-0.05, 0) is 42.8 Å². The summed E-state index contributed by atoms with van der Waals surface area (Å²) in [4.78, 5) is 23.7. The molecule has 0 atom stereocenters. The van der Waals surface area contributed by atoms with Crippen molar-refractivity contribution in [3.05, 3.63) is 54.1 Å². The van der Waals surface area contributed by atoms with Gasteiger partial charge in [0.2, 0.25) is 0 Å². The van der Waals surface area contributed by atoms with Gasteiger partial charge >= 0.3 is 11.8 Å². The summed E-state index contributed by atoms with van der Waals surface area (Å²) in [5.74, 6) is -0.372. The Morgan fingerprint density at radius 2 is 1.81 bits per heavy atom. The molecule has 0 heterocycles. The molecule has 0 radical (unpaired) electrons. The Balaban J connectivity index is 1.87. The van der Waals surface area contributed by atoms with Gasteiger partial charge < -0.3 is 14.8 Å². The second-order valence-corrected chi connectivity index (χ2v) is 5.27. The van der Waals surface area contributed by atoms with Crippen LogP contribution in [-0.4, -0.2) is 31.7 Å². The minimum atomic E-state index is -0.873. The number of nitrogens with one attached hydrogen (secondary N) is 2. The summed E-state index contributed by atoms with van der Waals surface area (Å²) in [5, 5.41) is 6.27. The number of para-hydroxylation sites is 1. The number of nitrogens with zero attached hydrogens (tertiary/aromatic N) is 1. The lowest BCUT2D eigenvalue weighted by Gasteiger charge is -2.07. The molecule has 2 aromatic carbocycles. The molecule has 0 spiro atoms. The number of carbonyl (C=O) groups is 2. The molecule has 2 amide bonds. The Kier molecular flexibility index (Phi) is 7.17. The number of hydrogen-bond acceptors (Lipinski definition) is 5. The van der Waals surface area contributed by atoms with Gasteiger partial charge in [0.05, 0.1) is 19.9 Å². The molecule has 2 rings (SSSR count). The van der Waals surface area contributed by atoms with Crippen molar-refractivity contribution in [2.75, 3.05) is 19.0 Å². The van der Waals surface area contributed by atoms with Gasteiger partial charge in [0.15, 0.2) is 0 Å². The first kappa shape index (κ1) is 19.0. The number of ether oxygens (including phenoxy) is 2. The van der Waals surface area contributed by atoms with Crippen LogP contribution >= 0.6 is 0 Å². The highest BCUT2D eigenvalue weighted by molar-refractivity contribution is 6.39. The first-order chi connectivity index (χ1) is 12.6. The zero-order valence-electron chi connectivity index (χ0n) is 14.7. The van der Waals surface area contributed by atoms with Gasteiger partial charge in [-0.3, -0.25) is 9.59 Å². The number of hydrazone groups is 1. The van der Waals surface area contributed by atoms with Crippen LogP contribution in [0.25, 0.3) is 0 Å². The first-order valence-electron chi connectivity index (χ1n) is 8.14. The van der Waals surface area contributed by atoms with E-state index in [0.29, 0.717) is 29.4 Å². The maximum absolute atomic E-state index is 11.9. The summed E-state index contributed by atoms with van der Waals surface area (Å²) in [6.45, 7) is 2.64. The number of amides is 2. The topological polar surface area (TPSA) is 89.0 Å². The van der Waals surface area contributed by atoms with Crippen LogP contribution in [0.15, 0.2) is 53.6 Å². The van der Waals surface area contributed by atoms with Gasteiger partial charge in [0, 0.05) is 11.3 Å². The van der Waals surface area contributed by atoms with Crippen LogP contribution in [-0.2, 0) is 9.59 Å². The highest BCUT2D eigenvalue weighted by Crippen LogP contribution is 2.16. The highest BCUT2D eigenvalue weighted by atomic mass is 16.5. The van der Waals surface area contributed by atoms with Crippen molar-refractivity contribution in [3.8, 4) is 11.5 Å². The smallest absolute Gasteiger partial charge is 0.329 e. The van der Waals surface area contributed by atoms with Crippen molar-refractivity contribution in [1.29, 1.82) is 0 Å². The van der Waals surface area contributed by atoms with Gasteiger partial charge in [0.25, 0.3) is 0 Å². The normalized spacial score (nSPS) is 10.4. The third-order valence-corrected chi connectivity index (χ3v) is 3.30. The summed E-state index contributed by atoms with van der Waals surface area (Å²) in [6.07, 6.45) is 2.32. The van der Waals surface area contributed by atoms with Crippen molar-refractivity contribution in [1.82, 2.24) is 5.43 Å². The van der Waals surface area contributed by atoms with E-state index in [1.165, 1.54) is 13.3 Å². The molecule has 0 aliphatic carbocycles. The lowest BCUT2D eigenvalue weighted by molar-refractivity contribution is -0.136. The predicted molar refractivity (Wildman–Crippen MR) is 99.6 cm³/mol. The zero-order valence-corrected chi connectivity index (χ0v) is 14.7. The van der Waals surface area contributed by atoms with Crippen LogP contribution in [0.5, 0.6) is 11.5 Å². The molecular weight excluding hydrogens is 334 g/mol. The molecule has 0 fully saturated rings. The maximum atomic E-state index is 11.9. The molecule has 7 nitrogen and oxygen atoms in total. The Morgan fingerprint density at radius 1 is 1.08 bits per heavy atom. The molecule has 0 saturated carbocycles. The number of hydrogen-bond donors (Lipinski definition) is 2. The van der Waals surface area contributed by atoms with Crippen molar-refractivity contribution in [2.24, 2.45) is 5.10 Å². The second-order valence-electron chi connectivity index (χ2n) is 5.27. The number of methoxy groups -OCH3 is 1. The number of anilines is 1. The lowest BCUT2D eigenvalue weighted by Crippen LogP contribution is -2.32. The molecule has 2 N–H and O–H groups in total.